The van der Waals surface area contributed by atoms with E-state index < -0.39 is 0 Å². The second-order valence-corrected chi connectivity index (χ2v) is 4.56. The number of hydrogen-bond acceptors (Lipinski definition) is 2. The van der Waals surface area contributed by atoms with Crippen LogP contribution in [0.3, 0.4) is 0 Å². The summed E-state index contributed by atoms with van der Waals surface area (Å²) < 4.78 is 20.8. The van der Waals surface area contributed by atoms with Gasteiger partial charge in [-0.25, -0.2) is 4.39 Å². The highest BCUT2D eigenvalue weighted by molar-refractivity contribution is 5.62. The van der Waals surface area contributed by atoms with Gasteiger partial charge in [-0.1, -0.05) is 19.1 Å². The van der Waals surface area contributed by atoms with Crippen molar-refractivity contribution in [2.75, 3.05) is 13.2 Å². The predicted molar refractivity (Wildman–Crippen MR) is 66.9 cm³/mol. The minimum atomic E-state index is -0.144. The normalized spacial score (nSPS) is 15.7. The van der Waals surface area contributed by atoms with Crippen LogP contribution >= 0.6 is 0 Å². The van der Waals surface area contributed by atoms with Gasteiger partial charge < -0.3 is 4.74 Å². The molecule has 0 amide bonds. The Morgan fingerprint density at radius 3 is 2.83 bits per heavy atom. The monoisotopic (exact) mass is 246 g/mol. The van der Waals surface area contributed by atoms with Crippen molar-refractivity contribution in [2.24, 2.45) is 0 Å². The summed E-state index contributed by atoms with van der Waals surface area (Å²) in [6, 6.07) is 5.70. The van der Waals surface area contributed by atoms with E-state index in [0.717, 1.165) is 16.7 Å². The van der Waals surface area contributed by atoms with Gasteiger partial charge in [0.2, 0.25) is 0 Å². The van der Waals surface area contributed by atoms with Crippen molar-refractivity contribution in [3.05, 3.63) is 42.0 Å². The van der Waals surface area contributed by atoms with Gasteiger partial charge in [-0.15, -0.1) is 0 Å². The molecule has 0 radical (unpaired) electrons. The maximum atomic E-state index is 13.7. The van der Waals surface area contributed by atoms with Crippen molar-refractivity contribution >= 4 is 0 Å². The minimum Gasteiger partial charge on any atom is -0.377 e. The molecule has 0 saturated carbocycles. The van der Waals surface area contributed by atoms with E-state index in [1.54, 1.807) is 12.3 Å². The molecule has 2 heterocycles. The van der Waals surface area contributed by atoms with E-state index in [-0.39, 0.29) is 5.82 Å². The summed E-state index contributed by atoms with van der Waals surface area (Å²) >= 11 is 0. The molecular weight excluding hydrogens is 231 g/mol. The average Bonchev–Trinajstić information content (AvgIpc) is 2.76. The van der Waals surface area contributed by atoms with Crippen molar-refractivity contribution in [3.63, 3.8) is 0 Å². The van der Waals surface area contributed by atoms with E-state index in [0.29, 0.717) is 25.7 Å². The Bertz CT molecular complexity index is 561. The largest absolute Gasteiger partial charge is 0.377 e. The highest BCUT2D eigenvalue weighted by Gasteiger charge is 2.21. The second kappa shape index (κ2) is 4.53. The first-order valence-electron chi connectivity index (χ1n) is 6.18. The first kappa shape index (κ1) is 11.4. The molecule has 1 fully saturated rings. The lowest BCUT2D eigenvalue weighted by Gasteiger charge is -2.25. The first-order chi connectivity index (χ1) is 8.78. The highest BCUT2D eigenvalue weighted by Crippen LogP contribution is 2.24. The average molecular weight is 246 g/mol. The van der Waals surface area contributed by atoms with E-state index in [9.17, 15) is 4.39 Å². The number of aromatic nitrogens is 2. The molecule has 4 heteroatoms. The molecule has 0 spiro atoms. The number of benzene rings is 1. The number of ether oxygens (including phenoxy) is 1. The Hall–Kier alpha value is -1.68. The molecule has 1 aliphatic rings. The Kier molecular flexibility index (Phi) is 2.88. The van der Waals surface area contributed by atoms with Crippen molar-refractivity contribution in [3.8, 4) is 11.1 Å². The fourth-order valence-electron chi connectivity index (χ4n) is 2.08. The number of nitrogens with zero attached hydrogens (tertiary/aromatic N) is 2. The third-order valence-electron chi connectivity index (χ3n) is 3.36. The highest BCUT2D eigenvalue weighted by atomic mass is 19.1. The van der Waals surface area contributed by atoms with Gasteiger partial charge in [0.1, 0.15) is 5.82 Å². The molecule has 0 bridgehead atoms. The van der Waals surface area contributed by atoms with Crippen LogP contribution in [0.15, 0.2) is 30.6 Å². The molecule has 3 nitrogen and oxygen atoms in total. The topological polar surface area (TPSA) is 27.1 Å². The van der Waals surface area contributed by atoms with Crippen LogP contribution in [0, 0.1) is 5.82 Å². The number of hydrogen-bond donors (Lipinski definition) is 0. The van der Waals surface area contributed by atoms with Crippen molar-refractivity contribution in [1.29, 1.82) is 0 Å². The quantitative estimate of drug-likeness (QED) is 0.832. The van der Waals surface area contributed by atoms with Crippen LogP contribution in [0.4, 0.5) is 4.39 Å². The lowest BCUT2D eigenvalue weighted by molar-refractivity contribution is -0.0286. The number of halogens is 1. The summed E-state index contributed by atoms with van der Waals surface area (Å²) in [5.41, 5.74) is 2.57. The van der Waals surface area contributed by atoms with Crippen molar-refractivity contribution in [1.82, 2.24) is 9.78 Å². The summed E-state index contributed by atoms with van der Waals surface area (Å²) in [5.74, 6) is -0.144. The SMILES string of the molecule is CCc1ccc(-c2cnn(C3COC3)c2)cc1F. The van der Waals surface area contributed by atoms with Gasteiger partial charge in [-0.2, -0.15) is 5.10 Å². The van der Waals surface area contributed by atoms with E-state index >= 15 is 0 Å². The van der Waals surface area contributed by atoms with Gasteiger partial charge in [0.15, 0.2) is 0 Å². The predicted octanol–water partition coefficient (Wildman–Crippen LogP) is 2.82. The minimum absolute atomic E-state index is 0.144. The van der Waals surface area contributed by atoms with Gasteiger partial charge in [-0.3, -0.25) is 4.68 Å². The Morgan fingerprint density at radius 1 is 1.39 bits per heavy atom. The molecule has 1 aromatic carbocycles. The van der Waals surface area contributed by atoms with Gasteiger partial charge >= 0.3 is 0 Å². The van der Waals surface area contributed by atoms with Crippen molar-refractivity contribution < 1.29 is 9.13 Å². The molecule has 3 rings (SSSR count). The molecule has 0 N–H and O–H groups in total. The lowest BCUT2D eigenvalue weighted by Crippen LogP contribution is -2.30. The zero-order valence-electron chi connectivity index (χ0n) is 10.3. The smallest absolute Gasteiger partial charge is 0.127 e. The van der Waals surface area contributed by atoms with Gasteiger partial charge in [-0.05, 0) is 23.6 Å². The van der Waals surface area contributed by atoms with Crippen LogP contribution < -0.4 is 0 Å². The van der Waals surface area contributed by atoms with Crippen LogP contribution in [-0.4, -0.2) is 23.0 Å². The third-order valence-corrected chi connectivity index (χ3v) is 3.36. The summed E-state index contributed by atoms with van der Waals surface area (Å²) in [6.45, 7) is 3.38. The molecule has 18 heavy (non-hydrogen) atoms. The van der Waals surface area contributed by atoms with Crippen LogP contribution in [0.25, 0.3) is 11.1 Å². The standard InChI is InChI=1S/C14H15FN2O/c1-2-10-3-4-11(5-14(10)15)12-6-16-17(7-12)13-8-18-9-13/h3-7,13H,2,8-9H2,1H3. The van der Waals surface area contributed by atoms with Crippen LogP contribution in [0.2, 0.25) is 0 Å². The molecule has 2 aromatic rings. The molecular formula is C14H15FN2O. The second-order valence-electron chi connectivity index (χ2n) is 4.56. The summed E-state index contributed by atoms with van der Waals surface area (Å²) in [6.07, 6.45) is 4.44. The molecule has 1 aromatic heterocycles. The molecule has 1 aliphatic heterocycles. The summed E-state index contributed by atoms with van der Waals surface area (Å²) in [4.78, 5) is 0. The summed E-state index contributed by atoms with van der Waals surface area (Å²) in [7, 11) is 0. The van der Waals surface area contributed by atoms with E-state index in [1.165, 1.54) is 0 Å². The maximum absolute atomic E-state index is 13.7. The molecule has 0 unspecified atom stereocenters. The lowest BCUT2D eigenvalue weighted by atomic mass is 10.1. The summed E-state index contributed by atoms with van der Waals surface area (Å²) in [5, 5.41) is 4.30. The third kappa shape index (κ3) is 1.93. The fraction of sp³-hybridized carbons (Fsp3) is 0.357. The Morgan fingerprint density at radius 2 is 2.22 bits per heavy atom. The van der Waals surface area contributed by atoms with Crippen LogP contribution in [0.5, 0.6) is 0 Å². The Balaban J connectivity index is 1.89. The van der Waals surface area contributed by atoms with E-state index in [1.807, 2.05) is 29.9 Å². The first-order valence-corrected chi connectivity index (χ1v) is 6.18. The molecule has 94 valence electrons. The van der Waals surface area contributed by atoms with E-state index in [4.69, 9.17) is 4.74 Å². The van der Waals surface area contributed by atoms with E-state index in [2.05, 4.69) is 5.10 Å². The van der Waals surface area contributed by atoms with Gasteiger partial charge in [0, 0.05) is 11.8 Å². The van der Waals surface area contributed by atoms with Crippen molar-refractivity contribution in [2.45, 2.75) is 19.4 Å². The van der Waals surface area contributed by atoms with Crippen LogP contribution in [-0.2, 0) is 11.2 Å². The number of aryl methyl sites for hydroxylation is 1. The Labute approximate surface area is 105 Å². The molecule has 0 aliphatic carbocycles. The zero-order chi connectivity index (χ0) is 12.5. The molecule has 1 saturated heterocycles. The molecule has 0 atom stereocenters. The van der Waals surface area contributed by atoms with Gasteiger partial charge in [0.05, 0.1) is 25.5 Å². The maximum Gasteiger partial charge on any atom is 0.127 e. The number of rotatable bonds is 3. The fourth-order valence-corrected chi connectivity index (χ4v) is 2.08. The van der Waals surface area contributed by atoms with Gasteiger partial charge in [0.25, 0.3) is 0 Å². The zero-order valence-corrected chi connectivity index (χ0v) is 10.3. The van der Waals surface area contributed by atoms with Crippen LogP contribution in [0.1, 0.15) is 18.5 Å².